The van der Waals surface area contributed by atoms with Crippen LogP contribution >= 0.6 is 15.9 Å². The Morgan fingerprint density at radius 3 is 2.48 bits per heavy atom. The van der Waals surface area contributed by atoms with Gasteiger partial charge in [-0.15, -0.1) is 0 Å². The van der Waals surface area contributed by atoms with E-state index in [0.717, 1.165) is 10.0 Å². The summed E-state index contributed by atoms with van der Waals surface area (Å²) in [6.45, 7) is 0.633. The lowest BCUT2D eigenvalue weighted by Gasteiger charge is -2.08. The fourth-order valence-corrected chi connectivity index (χ4v) is 2.87. The molecule has 128 valence electrons. The van der Waals surface area contributed by atoms with Crippen molar-refractivity contribution in [1.29, 1.82) is 0 Å². The molecule has 25 heavy (non-hydrogen) atoms. The molecule has 0 spiro atoms. The first kappa shape index (κ1) is 17.0. The van der Waals surface area contributed by atoms with Crippen LogP contribution in [-0.4, -0.2) is 26.2 Å². The Kier molecular flexibility index (Phi) is 4.99. The maximum atomic E-state index is 12.1. The molecule has 0 unspecified atom stereocenters. The van der Waals surface area contributed by atoms with E-state index in [4.69, 9.17) is 0 Å². The van der Waals surface area contributed by atoms with Crippen molar-refractivity contribution in [3.05, 3.63) is 76.3 Å². The quantitative estimate of drug-likeness (QED) is 0.656. The van der Waals surface area contributed by atoms with Crippen molar-refractivity contribution in [1.82, 2.24) is 25.2 Å². The van der Waals surface area contributed by atoms with Crippen LogP contribution in [0.5, 0.6) is 0 Å². The van der Waals surface area contributed by atoms with Crippen molar-refractivity contribution in [2.45, 2.75) is 6.54 Å². The van der Waals surface area contributed by atoms with Gasteiger partial charge in [0.05, 0.1) is 6.54 Å². The minimum absolute atomic E-state index is 0.382. The third-order valence-corrected chi connectivity index (χ3v) is 4.05. The number of nitrogens with zero attached hydrogens (tertiary/aromatic N) is 3. The highest BCUT2D eigenvalue weighted by Gasteiger charge is 2.12. The second kappa shape index (κ2) is 7.35. The van der Waals surface area contributed by atoms with Gasteiger partial charge >= 0.3 is 0 Å². The SMILES string of the molecule is Cn1cc(Br)cc1C(=O)NNC(=O)c1ccc(Cn2cccn2)cc1. The van der Waals surface area contributed by atoms with Gasteiger partial charge in [-0.25, -0.2) is 0 Å². The number of halogens is 1. The molecule has 0 bridgehead atoms. The van der Waals surface area contributed by atoms with Crippen LogP contribution in [0.25, 0.3) is 0 Å². The maximum absolute atomic E-state index is 12.1. The Bertz CT molecular complexity index is 884. The molecule has 0 aliphatic heterocycles. The molecule has 2 aromatic heterocycles. The minimum atomic E-state index is -0.392. The smallest absolute Gasteiger partial charge is 0.286 e. The number of nitrogens with one attached hydrogen (secondary N) is 2. The average Bonchev–Trinajstić information content (AvgIpc) is 3.22. The van der Waals surface area contributed by atoms with Gasteiger partial charge in [0.25, 0.3) is 11.8 Å². The van der Waals surface area contributed by atoms with Crippen LogP contribution in [0.4, 0.5) is 0 Å². The van der Waals surface area contributed by atoms with Crippen LogP contribution in [-0.2, 0) is 13.6 Å². The summed E-state index contributed by atoms with van der Waals surface area (Å²) in [5, 5.41) is 4.14. The molecule has 0 fully saturated rings. The zero-order chi connectivity index (χ0) is 17.8. The lowest BCUT2D eigenvalue weighted by atomic mass is 10.1. The second-order valence-corrected chi connectivity index (χ2v) is 6.38. The highest BCUT2D eigenvalue weighted by atomic mass is 79.9. The van der Waals surface area contributed by atoms with E-state index in [2.05, 4.69) is 31.9 Å². The lowest BCUT2D eigenvalue weighted by molar-refractivity contribution is 0.0842. The van der Waals surface area contributed by atoms with Crippen molar-refractivity contribution in [3.8, 4) is 0 Å². The summed E-state index contributed by atoms with van der Waals surface area (Å²) in [5.74, 6) is -0.774. The molecule has 2 amide bonds. The van der Waals surface area contributed by atoms with Gasteiger partial charge in [0.2, 0.25) is 0 Å². The van der Waals surface area contributed by atoms with Gasteiger partial charge in [-0.3, -0.25) is 25.1 Å². The van der Waals surface area contributed by atoms with Gasteiger partial charge in [-0.2, -0.15) is 5.10 Å². The number of rotatable bonds is 4. The summed E-state index contributed by atoms with van der Waals surface area (Å²) >= 11 is 3.30. The van der Waals surface area contributed by atoms with Gasteiger partial charge in [-0.05, 0) is 45.8 Å². The molecule has 2 N–H and O–H groups in total. The van der Waals surface area contributed by atoms with Crippen LogP contribution in [0.1, 0.15) is 26.4 Å². The monoisotopic (exact) mass is 401 g/mol. The number of aryl methyl sites for hydroxylation is 1. The highest BCUT2D eigenvalue weighted by Crippen LogP contribution is 2.13. The van der Waals surface area contributed by atoms with Crippen molar-refractivity contribution in [3.63, 3.8) is 0 Å². The normalized spacial score (nSPS) is 10.5. The Morgan fingerprint density at radius 2 is 1.88 bits per heavy atom. The number of aromatic nitrogens is 3. The maximum Gasteiger partial charge on any atom is 0.286 e. The molecule has 0 radical (unpaired) electrons. The Labute approximate surface area is 152 Å². The Balaban J connectivity index is 1.57. The molecule has 2 heterocycles. The molecule has 7 nitrogen and oxygen atoms in total. The first-order valence-corrected chi connectivity index (χ1v) is 8.31. The number of carbonyl (C=O) groups excluding carboxylic acids is 2. The number of hydrazine groups is 1. The molecule has 0 aliphatic carbocycles. The largest absolute Gasteiger partial charge is 0.345 e. The fraction of sp³-hybridized carbons (Fsp3) is 0.118. The van der Waals surface area contributed by atoms with E-state index >= 15 is 0 Å². The summed E-state index contributed by atoms with van der Waals surface area (Å²) in [6, 6.07) is 10.7. The standard InChI is InChI=1S/C17H16BrN5O2/c1-22-11-14(18)9-15(22)17(25)21-20-16(24)13-5-3-12(4-6-13)10-23-8-2-7-19-23/h2-9,11H,10H2,1H3,(H,20,24)(H,21,25). The summed E-state index contributed by atoms with van der Waals surface area (Å²) < 4.78 is 4.25. The molecular formula is C17H16BrN5O2. The molecule has 0 saturated carbocycles. The van der Waals surface area contributed by atoms with Crippen LogP contribution in [0.3, 0.4) is 0 Å². The summed E-state index contributed by atoms with van der Waals surface area (Å²) in [6.07, 6.45) is 5.35. The predicted molar refractivity (Wildman–Crippen MR) is 95.8 cm³/mol. The predicted octanol–water partition coefficient (Wildman–Crippen LogP) is 2.11. The number of hydrogen-bond acceptors (Lipinski definition) is 3. The second-order valence-electron chi connectivity index (χ2n) is 5.46. The van der Waals surface area contributed by atoms with Crippen molar-refractivity contribution in [2.24, 2.45) is 7.05 Å². The van der Waals surface area contributed by atoms with Crippen molar-refractivity contribution >= 4 is 27.7 Å². The van der Waals surface area contributed by atoms with Gasteiger partial charge in [0.1, 0.15) is 5.69 Å². The summed E-state index contributed by atoms with van der Waals surface area (Å²) in [4.78, 5) is 24.2. The molecular weight excluding hydrogens is 386 g/mol. The van der Waals surface area contributed by atoms with E-state index in [9.17, 15) is 9.59 Å². The van der Waals surface area contributed by atoms with Gasteiger partial charge in [-0.1, -0.05) is 12.1 Å². The Hall–Kier alpha value is -2.87. The molecule has 0 saturated heterocycles. The van der Waals surface area contributed by atoms with Crippen LogP contribution in [0.15, 0.2) is 59.5 Å². The minimum Gasteiger partial charge on any atom is -0.345 e. The summed E-state index contributed by atoms with van der Waals surface area (Å²) in [7, 11) is 1.75. The fourth-order valence-electron chi connectivity index (χ4n) is 2.34. The highest BCUT2D eigenvalue weighted by molar-refractivity contribution is 9.10. The number of amides is 2. The number of benzene rings is 1. The van der Waals surface area contributed by atoms with Gasteiger partial charge < -0.3 is 4.57 Å². The van der Waals surface area contributed by atoms with Gasteiger partial charge in [0.15, 0.2) is 0 Å². The van der Waals surface area contributed by atoms with E-state index in [1.807, 2.05) is 24.4 Å². The number of carbonyl (C=O) groups is 2. The molecule has 3 rings (SSSR count). The van der Waals surface area contributed by atoms with Crippen molar-refractivity contribution < 1.29 is 9.59 Å². The lowest BCUT2D eigenvalue weighted by Crippen LogP contribution is -2.42. The summed E-state index contributed by atoms with van der Waals surface area (Å²) in [5.41, 5.74) is 6.74. The molecule has 8 heteroatoms. The molecule has 1 aromatic carbocycles. The first-order valence-electron chi connectivity index (χ1n) is 7.52. The van der Waals surface area contributed by atoms with Gasteiger partial charge in [0, 0.05) is 35.7 Å². The van der Waals surface area contributed by atoms with Crippen LogP contribution in [0, 0.1) is 0 Å². The third kappa shape index (κ3) is 4.16. The number of hydrogen-bond donors (Lipinski definition) is 2. The molecule has 3 aromatic rings. The zero-order valence-corrected chi connectivity index (χ0v) is 15.0. The van der Waals surface area contributed by atoms with E-state index in [1.54, 1.807) is 46.9 Å². The molecule has 0 aliphatic rings. The van der Waals surface area contributed by atoms with E-state index in [-0.39, 0.29) is 5.91 Å². The third-order valence-electron chi connectivity index (χ3n) is 3.61. The van der Waals surface area contributed by atoms with Crippen LogP contribution < -0.4 is 10.9 Å². The first-order chi connectivity index (χ1) is 12.0. The zero-order valence-electron chi connectivity index (χ0n) is 13.4. The van der Waals surface area contributed by atoms with E-state index < -0.39 is 5.91 Å². The van der Waals surface area contributed by atoms with E-state index in [1.165, 1.54) is 0 Å². The Morgan fingerprint density at radius 1 is 1.16 bits per heavy atom. The van der Waals surface area contributed by atoms with Crippen molar-refractivity contribution in [2.75, 3.05) is 0 Å². The van der Waals surface area contributed by atoms with Crippen LogP contribution in [0.2, 0.25) is 0 Å². The molecule has 0 atom stereocenters. The van der Waals surface area contributed by atoms with E-state index in [0.29, 0.717) is 17.8 Å². The topological polar surface area (TPSA) is 81.0 Å². The average molecular weight is 402 g/mol.